The molecule has 0 amide bonds. The van der Waals surface area contributed by atoms with Crippen LogP contribution < -0.4 is 0 Å². The molecule has 0 bridgehead atoms. The van der Waals surface area contributed by atoms with Gasteiger partial charge in [-0.3, -0.25) is 4.98 Å². The molecule has 0 N–H and O–H groups in total. The summed E-state index contributed by atoms with van der Waals surface area (Å²) in [5.74, 6) is 0.830. The second-order valence-electron chi connectivity index (χ2n) is 5.54. The number of rotatable bonds is 3. The SMILES string of the molecule is C=Cc1cnc2ccc(Cc3nnc4ccc(C)nn34)cc2c1. The van der Waals surface area contributed by atoms with Crippen molar-refractivity contribution in [3.8, 4) is 0 Å². The Balaban J connectivity index is 1.76. The Hall–Kier alpha value is -3.08. The molecule has 0 atom stereocenters. The molecule has 0 aliphatic heterocycles. The standard InChI is InChI=1S/C18H15N5/c1-3-13-8-15-9-14(5-6-16(15)19-11-13)10-18-21-20-17-7-4-12(2)22-23(17)18/h3-9,11H,1,10H2,2H3. The smallest absolute Gasteiger partial charge is 0.177 e. The van der Waals surface area contributed by atoms with Gasteiger partial charge in [-0.05, 0) is 48.4 Å². The summed E-state index contributed by atoms with van der Waals surface area (Å²) in [4.78, 5) is 4.43. The van der Waals surface area contributed by atoms with Gasteiger partial charge in [0.25, 0.3) is 0 Å². The zero-order valence-electron chi connectivity index (χ0n) is 12.8. The van der Waals surface area contributed by atoms with Crippen molar-refractivity contribution in [2.75, 3.05) is 0 Å². The lowest BCUT2D eigenvalue weighted by Gasteiger charge is -2.04. The molecule has 0 unspecified atom stereocenters. The predicted molar refractivity (Wildman–Crippen MR) is 90.2 cm³/mol. The summed E-state index contributed by atoms with van der Waals surface area (Å²) in [6, 6.07) is 12.2. The molecule has 0 aliphatic carbocycles. The van der Waals surface area contributed by atoms with Crippen LogP contribution in [0.3, 0.4) is 0 Å². The lowest BCUT2D eigenvalue weighted by atomic mass is 10.1. The molecule has 4 rings (SSSR count). The Bertz CT molecular complexity index is 1030. The Morgan fingerprint density at radius 1 is 1.13 bits per heavy atom. The first kappa shape index (κ1) is 13.6. The number of aromatic nitrogens is 5. The molecular formula is C18H15N5. The fourth-order valence-corrected chi connectivity index (χ4v) is 2.64. The van der Waals surface area contributed by atoms with Crippen LogP contribution in [-0.4, -0.2) is 24.8 Å². The summed E-state index contributed by atoms with van der Waals surface area (Å²) in [6.07, 6.45) is 4.30. The summed E-state index contributed by atoms with van der Waals surface area (Å²) < 4.78 is 1.80. The molecule has 0 fully saturated rings. The van der Waals surface area contributed by atoms with Crippen molar-refractivity contribution in [2.45, 2.75) is 13.3 Å². The molecule has 5 nitrogen and oxygen atoms in total. The van der Waals surface area contributed by atoms with E-state index in [0.29, 0.717) is 6.42 Å². The van der Waals surface area contributed by atoms with Gasteiger partial charge in [-0.15, -0.1) is 10.2 Å². The third-order valence-corrected chi connectivity index (χ3v) is 3.83. The predicted octanol–water partition coefficient (Wildman–Crippen LogP) is 3.21. The summed E-state index contributed by atoms with van der Waals surface area (Å²) in [7, 11) is 0. The molecular weight excluding hydrogens is 286 g/mol. The van der Waals surface area contributed by atoms with Gasteiger partial charge in [0.1, 0.15) is 0 Å². The van der Waals surface area contributed by atoms with Crippen molar-refractivity contribution in [2.24, 2.45) is 0 Å². The van der Waals surface area contributed by atoms with Crippen LogP contribution in [0.25, 0.3) is 22.6 Å². The Labute approximate surface area is 133 Å². The molecule has 112 valence electrons. The second-order valence-corrected chi connectivity index (χ2v) is 5.54. The molecule has 0 saturated heterocycles. The van der Waals surface area contributed by atoms with Crippen LogP contribution in [-0.2, 0) is 6.42 Å². The fourth-order valence-electron chi connectivity index (χ4n) is 2.64. The fraction of sp³-hybridized carbons (Fsp3) is 0.111. The topological polar surface area (TPSA) is 56.0 Å². The number of aryl methyl sites for hydroxylation is 1. The molecule has 3 heterocycles. The van der Waals surface area contributed by atoms with E-state index in [2.05, 4.69) is 45.1 Å². The largest absolute Gasteiger partial charge is 0.256 e. The number of hydrogen-bond acceptors (Lipinski definition) is 4. The minimum absolute atomic E-state index is 0.672. The summed E-state index contributed by atoms with van der Waals surface area (Å²) in [5, 5.41) is 14.0. The maximum Gasteiger partial charge on any atom is 0.177 e. The molecule has 5 heteroatoms. The number of pyridine rings is 1. The third kappa shape index (κ3) is 2.46. The summed E-state index contributed by atoms with van der Waals surface area (Å²) in [6.45, 7) is 5.75. The van der Waals surface area contributed by atoms with Crippen molar-refractivity contribution >= 4 is 22.6 Å². The van der Waals surface area contributed by atoms with Crippen LogP contribution in [0.1, 0.15) is 22.6 Å². The first-order chi connectivity index (χ1) is 11.2. The van der Waals surface area contributed by atoms with Crippen molar-refractivity contribution in [3.63, 3.8) is 0 Å². The van der Waals surface area contributed by atoms with E-state index in [1.807, 2.05) is 31.3 Å². The summed E-state index contributed by atoms with van der Waals surface area (Å²) in [5.41, 5.74) is 4.84. The van der Waals surface area contributed by atoms with Gasteiger partial charge >= 0.3 is 0 Å². The van der Waals surface area contributed by atoms with Crippen LogP contribution in [0, 0.1) is 6.92 Å². The molecule has 0 radical (unpaired) electrons. The van der Waals surface area contributed by atoms with Gasteiger partial charge in [-0.1, -0.05) is 18.7 Å². The Morgan fingerprint density at radius 3 is 2.91 bits per heavy atom. The minimum Gasteiger partial charge on any atom is -0.256 e. The van der Waals surface area contributed by atoms with E-state index in [-0.39, 0.29) is 0 Å². The van der Waals surface area contributed by atoms with Gasteiger partial charge in [-0.2, -0.15) is 9.61 Å². The number of fused-ring (bicyclic) bond motifs is 2. The monoisotopic (exact) mass is 301 g/mol. The zero-order chi connectivity index (χ0) is 15.8. The highest BCUT2D eigenvalue weighted by Crippen LogP contribution is 2.18. The molecule has 3 aromatic heterocycles. The van der Waals surface area contributed by atoms with Crippen molar-refractivity contribution in [1.82, 2.24) is 24.8 Å². The average molecular weight is 301 g/mol. The quantitative estimate of drug-likeness (QED) is 0.583. The van der Waals surface area contributed by atoms with E-state index in [1.54, 1.807) is 10.6 Å². The van der Waals surface area contributed by atoms with E-state index in [0.717, 1.165) is 39.2 Å². The average Bonchev–Trinajstić information content (AvgIpc) is 2.96. The van der Waals surface area contributed by atoms with Crippen molar-refractivity contribution in [1.29, 1.82) is 0 Å². The van der Waals surface area contributed by atoms with E-state index >= 15 is 0 Å². The van der Waals surface area contributed by atoms with E-state index in [1.165, 1.54) is 0 Å². The van der Waals surface area contributed by atoms with E-state index in [4.69, 9.17) is 0 Å². The van der Waals surface area contributed by atoms with Crippen molar-refractivity contribution < 1.29 is 0 Å². The van der Waals surface area contributed by atoms with Gasteiger partial charge in [0.2, 0.25) is 0 Å². The lowest BCUT2D eigenvalue weighted by molar-refractivity contribution is 0.821. The minimum atomic E-state index is 0.672. The van der Waals surface area contributed by atoms with Crippen LogP contribution in [0.2, 0.25) is 0 Å². The Morgan fingerprint density at radius 2 is 2.04 bits per heavy atom. The van der Waals surface area contributed by atoms with Gasteiger partial charge in [0, 0.05) is 18.0 Å². The maximum absolute atomic E-state index is 4.49. The molecule has 0 aliphatic rings. The van der Waals surface area contributed by atoms with Crippen LogP contribution in [0.15, 0.2) is 49.2 Å². The van der Waals surface area contributed by atoms with Gasteiger partial charge in [0.05, 0.1) is 11.2 Å². The molecule has 23 heavy (non-hydrogen) atoms. The highest BCUT2D eigenvalue weighted by Gasteiger charge is 2.08. The first-order valence-corrected chi connectivity index (χ1v) is 7.42. The molecule has 0 saturated carbocycles. The molecule has 4 aromatic rings. The first-order valence-electron chi connectivity index (χ1n) is 7.42. The lowest BCUT2D eigenvalue weighted by Crippen LogP contribution is -2.01. The van der Waals surface area contributed by atoms with Crippen LogP contribution in [0.4, 0.5) is 0 Å². The number of benzene rings is 1. The molecule has 1 aromatic carbocycles. The van der Waals surface area contributed by atoms with Crippen LogP contribution in [0.5, 0.6) is 0 Å². The third-order valence-electron chi connectivity index (χ3n) is 3.83. The normalized spacial score (nSPS) is 11.2. The van der Waals surface area contributed by atoms with Gasteiger partial charge < -0.3 is 0 Å². The second kappa shape index (κ2) is 5.28. The zero-order valence-corrected chi connectivity index (χ0v) is 12.8. The highest BCUT2D eigenvalue weighted by molar-refractivity contribution is 5.81. The highest BCUT2D eigenvalue weighted by atomic mass is 15.4. The van der Waals surface area contributed by atoms with Crippen molar-refractivity contribution in [3.05, 3.63) is 71.8 Å². The maximum atomic E-state index is 4.49. The molecule has 0 spiro atoms. The Kier molecular flexibility index (Phi) is 3.12. The van der Waals surface area contributed by atoms with Gasteiger partial charge in [0.15, 0.2) is 11.5 Å². The van der Waals surface area contributed by atoms with Gasteiger partial charge in [-0.25, -0.2) is 0 Å². The van der Waals surface area contributed by atoms with Crippen LogP contribution >= 0.6 is 0 Å². The van der Waals surface area contributed by atoms with E-state index < -0.39 is 0 Å². The number of hydrogen-bond donors (Lipinski definition) is 0. The number of nitrogens with zero attached hydrogens (tertiary/aromatic N) is 5. The summed E-state index contributed by atoms with van der Waals surface area (Å²) >= 11 is 0. The van der Waals surface area contributed by atoms with E-state index in [9.17, 15) is 0 Å².